The number of esters is 2. The molecule has 2 aliphatic heterocycles. The van der Waals surface area contributed by atoms with Gasteiger partial charge in [0.25, 0.3) is 11.1 Å². The lowest BCUT2D eigenvalue weighted by atomic mass is 9.75. The third-order valence-corrected chi connectivity index (χ3v) is 8.27. The van der Waals surface area contributed by atoms with Crippen LogP contribution >= 0.6 is 0 Å². The molecule has 6 atom stereocenters. The van der Waals surface area contributed by atoms with Gasteiger partial charge in [-0.15, -0.1) is 0 Å². The van der Waals surface area contributed by atoms with Crippen molar-refractivity contribution in [2.24, 2.45) is 16.7 Å². The maximum Gasteiger partial charge on any atom is 0.330 e. The smallest absolute Gasteiger partial charge is 0.330 e. The van der Waals surface area contributed by atoms with E-state index in [0.717, 1.165) is 4.57 Å². The molecule has 14 nitrogen and oxygen atoms in total. The number of carbonyl (C=O) groups is 2. The van der Waals surface area contributed by atoms with Crippen molar-refractivity contribution in [1.82, 2.24) is 19.1 Å². The molecule has 0 saturated carbocycles. The summed E-state index contributed by atoms with van der Waals surface area (Å²) in [7, 11) is 0. The molecule has 0 spiro atoms. The van der Waals surface area contributed by atoms with Gasteiger partial charge in [-0.25, -0.2) is 18.4 Å². The van der Waals surface area contributed by atoms with E-state index in [2.05, 4.69) is 9.97 Å². The summed E-state index contributed by atoms with van der Waals surface area (Å²) < 4.78 is 54.0. The quantitative estimate of drug-likeness (QED) is 0.335. The fraction of sp³-hybridized carbons (Fsp3) is 0.667. The summed E-state index contributed by atoms with van der Waals surface area (Å²) in [5.41, 5.74) is -4.48. The normalized spacial score (nSPS) is 25.0. The van der Waals surface area contributed by atoms with Crippen molar-refractivity contribution in [2.75, 3.05) is 19.8 Å². The predicted molar refractivity (Wildman–Crippen MR) is 158 cm³/mol. The van der Waals surface area contributed by atoms with Crippen molar-refractivity contribution in [1.29, 1.82) is 0 Å². The second kappa shape index (κ2) is 13.4. The Labute approximate surface area is 262 Å². The van der Waals surface area contributed by atoms with Crippen LogP contribution in [-0.2, 0) is 35.1 Å². The maximum atomic E-state index is 15.2. The van der Waals surface area contributed by atoms with E-state index >= 15 is 4.39 Å². The highest BCUT2D eigenvalue weighted by Crippen LogP contribution is 2.37. The van der Waals surface area contributed by atoms with Gasteiger partial charge in [0.15, 0.2) is 6.23 Å². The molecule has 0 aliphatic carbocycles. The fourth-order valence-corrected chi connectivity index (χ4v) is 5.83. The zero-order valence-electron chi connectivity index (χ0n) is 26.6. The van der Waals surface area contributed by atoms with Crippen LogP contribution in [0.2, 0.25) is 0 Å². The molecule has 16 heteroatoms. The number of nitrogens with zero attached hydrogens (tertiary/aromatic N) is 2. The first-order valence-electron chi connectivity index (χ1n) is 14.9. The van der Waals surface area contributed by atoms with E-state index in [1.165, 1.54) is 30.8 Å². The molecule has 254 valence electrons. The molecule has 0 aromatic carbocycles. The van der Waals surface area contributed by atoms with Crippen LogP contribution in [0.15, 0.2) is 31.6 Å². The summed E-state index contributed by atoms with van der Waals surface area (Å²) >= 11 is 0. The average Bonchev–Trinajstić information content (AvgIpc) is 3.51. The Kier molecular flexibility index (Phi) is 10.2. The van der Waals surface area contributed by atoms with Gasteiger partial charge in [0.2, 0.25) is 0 Å². The third kappa shape index (κ3) is 7.71. The Bertz CT molecular complexity index is 1690. The number of alkyl halides is 2. The van der Waals surface area contributed by atoms with Crippen molar-refractivity contribution < 1.29 is 37.3 Å². The van der Waals surface area contributed by atoms with E-state index in [-0.39, 0.29) is 44.8 Å². The minimum atomic E-state index is -1.59. The van der Waals surface area contributed by atoms with E-state index < -0.39 is 82.0 Å². The maximum absolute atomic E-state index is 15.2. The number of rotatable bonds is 11. The molecule has 2 aromatic rings. The molecular weight excluding hydrogens is 614 g/mol. The van der Waals surface area contributed by atoms with Gasteiger partial charge in [-0.05, 0) is 48.0 Å². The Balaban J connectivity index is 1.27. The number of aryl methyl sites for hydroxylation is 2. The minimum absolute atomic E-state index is 0.00865. The van der Waals surface area contributed by atoms with E-state index in [9.17, 15) is 33.2 Å². The highest BCUT2D eigenvalue weighted by Gasteiger charge is 2.44. The van der Waals surface area contributed by atoms with Gasteiger partial charge < -0.3 is 18.9 Å². The lowest BCUT2D eigenvalue weighted by molar-refractivity contribution is -0.166. The van der Waals surface area contributed by atoms with Gasteiger partial charge in [-0.3, -0.25) is 38.3 Å². The number of halogens is 2. The molecular formula is C30H40F2N4O10. The summed E-state index contributed by atoms with van der Waals surface area (Å²) in [4.78, 5) is 77.8. The highest BCUT2D eigenvalue weighted by molar-refractivity contribution is 5.80. The van der Waals surface area contributed by atoms with Crippen LogP contribution in [0, 0.1) is 30.6 Å². The minimum Gasteiger partial charge on any atom is -0.463 e. The number of H-pyrrole nitrogens is 2. The molecule has 0 bridgehead atoms. The van der Waals surface area contributed by atoms with Gasteiger partial charge in [-0.2, -0.15) is 0 Å². The first kappa shape index (κ1) is 34.9. The molecule has 2 fully saturated rings. The first-order chi connectivity index (χ1) is 21.4. The topological polar surface area (TPSA) is 181 Å². The monoisotopic (exact) mass is 654 g/mol. The van der Waals surface area contributed by atoms with Crippen LogP contribution in [0.4, 0.5) is 8.78 Å². The van der Waals surface area contributed by atoms with Crippen LogP contribution in [0.3, 0.4) is 0 Å². The van der Waals surface area contributed by atoms with E-state index in [1.54, 1.807) is 27.7 Å². The highest BCUT2D eigenvalue weighted by atomic mass is 19.1. The van der Waals surface area contributed by atoms with Gasteiger partial charge in [0.05, 0.1) is 23.5 Å². The van der Waals surface area contributed by atoms with Crippen LogP contribution in [-0.4, -0.2) is 75.4 Å². The van der Waals surface area contributed by atoms with Crippen molar-refractivity contribution >= 4 is 11.9 Å². The average molecular weight is 655 g/mol. The van der Waals surface area contributed by atoms with Crippen LogP contribution < -0.4 is 22.5 Å². The molecule has 2 N–H and O–H groups in total. The number of hydrogen-bond donors (Lipinski definition) is 2. The number of aromatic amines is 2. The van der Waals surface area contributed by atoms with Gasteiger partial charge in [0, 0.05) is 42.4 Å². The molecule has 2 saturated heterocycles. The van der Waals surface area contributed by atoms with Crippen LogP contribution in [0.25, 0.3) is 0 Å². The zero-order valence-corrected chi connectivity index (χ0v) is 26.6. The molecule has 2 aliphatic rings. The number of aromatic nitrogens is 4. The summed E-state index contributed by atoms with van der Waals surface area (Å²) in [6.07, 6.45) is -3.95. The Hall–Kier alpha value is -3.92. The van der Waals surface area contributed by atoms with Gasteiger partial charge in [0.1, 0.15) is 31.7 Å². The van der Waals surface area contributed by atoms with Crippen LogP contribution in [0.1, 0.15) is 57.9 Å². The van der Waals surface area contributed by atoms with Crippen molar-refractivity contribution in [2.45, 2.75) is 91.7 Å². The third-order valence-electron chi connectivity index (χ3n) is 8.27. The zero-order chi connectivity index (χ0) is 34.1. The lowest BCUT2D eigenvalue weighted by Crippen LogP contribution is -2.39. The van der Waals surface area contributed by atoms with E-state index in [4.69, 9.17) is 18.9 Å². The molecule has 4 rings (SSSR count). The summed E-state index contributed by atoms with van der Waals surface area (Å²) in [6.45, 7) is 8.55. The molecule has 2 aromatic heterocycles. The van der Waals surface area contributed by atoms with Gasteiger partial charge >= 0.3 is 23.3 Å². The molecule has 3 unspecified atom stereocenters. The number of hydrogen-bond acceptors (Lipinski definition) is 10. The summed E-state index contributed by atoms with van der Waals surface area (Å²) in [6, 6.07) is 0. The number of nitrogens with one attached hydrogen (secondary N) is 2. The Morgan fingerprint density at radius 1 is 0.913 bits per heavy atom. The Morgan fingerprint density at radius 3 is 2.11 bits per heavy atom. The molecule has 0 amide bonds. The lowest BCUT2D eigenvalue weighted by Gasteiger charge is -2.32. The van der Waals surface area contributed by atoms with Gasteiger partial charge in [-0.1, -0.05) is 0 Å². The molecule has 46 heavy (non-hydrogen) atoms. The second-order valence-corrected chi connectivity index (χ2v) is 13.3. The standard InChI is InChI=1S/C30H40F2N4O10/c1-15-8-35(27(41)33-22(15)37)10-17-11-43-20(21(17)32)13-45-26(40)30(5,6)14-29(3,4)25(39)44-12-18-7-19(31)24(46-18)36-9-16(2)23(38)34-28(36)42/h8-9,17-21,24H,7,10-14H2,1-6H3,(H,33,37,41)(H,34,38,42)/t17?,18-,19?,20-,21?,24+/m1/s1. The first-order valence-corrected chi connectivity index (χ1v) is 14.9. The SMILES string of the molecule is Cc1cn(CC2CO[C@H](COC(=O)C(C)(C)CC(C)(C)C(=O)OC[C@H]3CC(F)[C@@H](n4cc(C)c(=O)[nH]c4=O)O3)C2F)c(=O)[nH]c1=O. The summed E-state index contributed by atoms with van der Waals surface area (Å²) in [5.74, 6) is -2.07. The van der Waals surface area contributed by atoms with Crippen molar-refractivity contribution in [3.63, 3.8) is 0 Å². The van der Waals surface area contributed by atoms with E-state index in [1.807, 2.05) is 0 Å². The molecule has 4 heterocycles. The van der Waals surface area contributed by atoms with Crippen molar-refractivity contribution in [3.05, 3.63) is 65.2 Å². The van der Waals surface area contributed by atoms with Crippen molar-refractivity contribution in [3.8, 4) is 0 Å². The fourth-order valence-electron chi connectivity index (χ4n) is 5.83. The Morgan fingerprint density at radius 2 is 1.48 bits per heavy atom. The van der Waals surface area contributed by atoms with Crippen LogP contribution in [0.5, 0.6) is 0 Å². The number of ether oxygens (including phenoxy) is 4. The largest absolute Gasteiger partial charge is 0.463 e. The predicted octanol–water partition coefficient (Wildman–Crippen LogP) is 1.21. The second-order valence-electron chi connectivity index (χ2n) is 13.3. The summed E-state index contributed by atoms with van der Waals surface area (Å²) in [5, 5.41) is 0. The van der Waals surface area contributed by atoms with E-state index in [0.29, 0.717) is 5.56 Å². The number of carbonyl (C=O) groups excluding carboxylic acids is 2. The molecule has 0 radical (unpaired) electrons.